The summed E-state index contributed by atoms with van der Waals surface area (Å²) in [6.07, 6.45) is 4.06. The third kappa shape index (κ3) is 4.95. The number of hydrogen-bond acceptors (Lipinski definition) is 4. The first-order valence-electron chi connectivity index (χ1n) is 10.8. The molecule has 0 spiro atoms. The van der Waals surface area contributed by atoms with E-state index in [9.17, 15) is 14.0 Å². The zero-order valence-corrected chi connectivity index (χ0v) is 16.9. The van der Waals surface area contributed by atoms with Crippen molar-refractivity contribution in [3.63, 3.8) is 0 Å². The molecule has 158 valence electrons. The van der Waals surface area contributed by atoms with Crippen molar-refractivity contribution < 1.29 is 18.7 Å². The Kier molecular flexibility index (Phi) is 6.45. The van der Waals surface area contributed by atoms with Gasteiger partial charge in [0, 0.05) is 63.9 Å². The molecule has 0 aromatic heterocycles. The fraction of sp³-hybridized carbons (Fsp3) is 0.636. The standard InChI is InChI=1S/C22H30FN3O3/c23-19-5-3-17(4-6-19)21(27)25-9-7-18(8-10-25)22(28)26-13-11-24(12-14-26)16-20-2-1-15-29-20/h3-6,18,20H,1-2,7-16H2. The molecule has 6 nitrogen and oxygen atoms in total. The molecule has 2 amide bonds. The van der Waals surface area contributed by atoms with Crippen molar-refractivity contribution in [2.24, 2.45) is 5.92 Å². The van der Waals surface area contributed by atoms with Gasteiger partial charge in [-0.2, -0.15) is 0 Å². The Labute approximate surface area is 171 Å². The van der Waals surface area contributed by atoms with E-state index in [2.05, 4.69) is 4.90 Å². The van der Waals surface area contributed by atoms with Gasteiger partial charge in [-0.25, -0.2) is 4.39 Å². The number of carbonyl (C=O) groups excluding carboxylic acids is 2. The Morgan fingerprint density at radius 2 is 1.62 bits per heavy atom. The molecule has 0 aliphatic carbocycles. The average Bonchev–Trinajstić information content (AvgIpc) is 3.27. The van der Waals surface area contributed by atoms with Crippen LogP contribution in [0.15, 0.2) is 24.3 Å². The SMILES string of the molecule is O=C(c1ccc(F)cc1)N1CCC(C(=O)N2CCN(CC3CCCO3)CC2)CC1. The van der Waals surface area contributed by atoms with Crippen molar-refractivity contribution in [2.75, 3.05) is 52.4 Å². The fourth-order valence-electron chi connectivity index (χ4n) is 4.59. The molecule has 3 aliphatic heterocycles. The van der Waals surface area contributed by atoms with Gasteiger partial charge < -0.3 is 14.5 Å². The van der Waals surface area contributed by atoms with Crippen molar-refractivity contribution in [3.05, 3.63) is 35.6 Å². The van der Waals surface area contributed by atoms with Crippen LogP contribution in [0, 0.1) is 11.7 Å². The lowest BCUT2D eigenvalue weighted by atomic mass is 9.94. The van der Waals surface area contributed by atoms with Gasteiger partial charge >= 0.3 is 0 Å². The Balaban J connectivity index is 1.22. The number of carbonyl (C=O) groups is 2. The maximum Gasteiger partial charge on any atom is 0.253 e. The van der Waals surface area contributed by atoms with Gasteiger partial charge in [-0.05, 0) is 49.9 Å². The van der Waals surface area contributed by atoms with Gasteiger partial charge in [-0.3, -0.25) is 14.5 Å². The van der Waals surface area contributed by atoms with E-state index in [0.717, 1.165) is 52.2 Å². The van der Waals surface area contributed by atoms with Crippen molar-refractivity contribution in [1.82, 2.24) is 14.7 Å². The summed E-state index contributed by atoms with van der Waals surface area (Å²) in [6.45, 7) is 6.39. The van der Waals surface area contributed by atoms with Crippen LogP contribution < -0.4 is 0 Å². The molecule has 0 saturated carbocycles. The highest BCUT2D eigenvalue weighted by molar-refractivity contribution is 5.94. The van der Waals surface area contributed by atoms with Gasteiger partial charge in [0.2, 0.25) is 5.91 Å². The molecule has 0 bridgehead atoms. The molecule has 1 aromatic carbocycles. The smallest absolute Gasteiger partial charge is 0.253 e. The second kappa shape index (κ2) is 9.22. The van der Waals surface area contributed by atoms with E-state index in [1.165, 1.54) is 24.3 Å². The van der Waals surface area contributed by atoms with Gasteiger partial charge in [0.15, 0.2) is 0 Å². The number of rotatable bonds is 4. The van der Waals surface area contributed by atoms with Crippen LogP contribution in [0.25, 0.3) is 0 Å². The number of halogens is 1. The largest absolute Gasteiger partial charge is 0.377 e. The topological polar surface area (TPSA) is 53.1 Å². The van der Waals surface area contributed by atoms with Crippen LogP contribution in [0.1, 0.15) is 36.0 Å². The molecular weight excluding hydrogens is 373 g/mol. The lowest BCUT2D eigenvalue weighted by molar-refractivity contribution is -0.138. The molecule has 7 heteroatoms. The van der Waals surface area contributed by atoms with E-state index >= 15 is 0 Å². The number of nitrogens with zero attached hydrogens (tertiary/aromatic N) is 3. The van der Waals surface area contributed by atoms with Crippen molar-refractivity contribution >= 4 is 11.8 Å². The zero-order chi connectivity index (χ0) is 20.2. The van der Waals surface area contributed by atoms with E-state index < -0.39 is 0 Å². The van der Waals surface area contributed by atoms with Gasteiger partial charge in [0.05, 0.1) is 6.10 Å². The number of benzene rings is 1. The quantitative estimate of drug-likeness (QED) is 0.772. The van der Waals surface area contributed by atoms with Crippen LogP contribution in [0.5, 0.6) is 0 Å². The molecule has 0 N–H and O–H groups in total. The van der Waals surface area contributed by atoms with Crippen LogP contribution in [-0.4, -0.2) is 85.0 Å². The molecule has 1 atom stereocenters. The molecule has 3 fully saturated rings. The van der Waals surface area contributed by atoms with Crippen molar-refractivity contribution in [3.8, 4) is 0 Å². The highest BCUT2D eigenvalue weighted by atomic mass is 19.1. The number of piperidine rings is 1. The Morgan fingerprint density at radius 1 is 0.931 bits per heavy atom. The van der Waals surface area contributed by atoms with E-state index in [1.807, 2.05) is 4.90 Å². The fourth-order valence-corrected chi connectivity index (χ4v) is 4.59. The minimum Gasteiger partial charge on any atom is -0.377 e. The van der Waals surface area contributed by atoms with E-state index in [1.54, 1.807) is 4.90 Å². The van der Waals surface area contributed by atoms with Crippen LogP contribution in [-0.2, 0) is 9.53 Å². The van der Waals surface area contributed by atoms with Gasteiger partial charge in [0.1, 0.15) is 5.82 Å². The van der Waals surface area contributed by atoms with E-state index in [0.29, 0.717) is 37.6 Å². The third-order valence-corrected chi connectivity index (χ3v) is 6.39. The predicted molar refractivity (Wildman–Crippen MR) is 107 cm³/mol. The molecule has 29 heavy (non-hydrogen) atoms. The molecule has 0 radical (unpaired) electrons. The van der Waals surface area contributed by atoms with Crippen LogP contribution in [0.4, 0.5) is 4.39 Å². The summed E-state index contributed by atoms with van der Waals surface area (Å²) in [4.78, 5) is 31.7. The number of ether oxygens (including phenoxy) is 1. The number of hydrogen-bond donors (Lipinski definition) is 0. The van der Waals surface area contributed by atoms with Crippen LogP contribution in [0.2, 0.25) is 0 Å². The second-order valence-corrected chi connectivity index (χ2v) is 8.33. The Bertz CT molecular complexity index is 705. The Morgan fingerprint density at radius 3 is 2.24 bits per heavy atom. The molecule has 3 saturated heterocycles. The lowest BCUT2D eigenvalue weighted by Crippen LogP contribution is -2.53. The first-order valence-corrected chi connectivity index (χ1v) is 10.8. The van der Waals surface area contributed by atoms with Crippen LogP contribution >= 0.6 is 0 Å². The lowest BCUT2D eigenvalue weighted by Gasteiger charge is -2.39. The number of likely N-dealkylation sites (tertiary alicyclic amines) is 1. The first kappa shape index (κ1) is 20.3. The summed E-state index contributed by atoms with van der Waals surface area (Å²) in [5.74, 6) is -0.201. The van der Waals surface area contributed by atoms with Gasteiger partial charge in [0.25, 0.3) is 5.91 Å². The summed E-state index contributed by atoms with van der Waals surface area (Å²) >= 11 is 0. The summed E-state index contributed by atoms with van der Waals surface area (Å²) < 4.78 is 18.8. The molecule has 1 aromatic rings. The number of piperazine rings is 1. The zero-order valence-electron chi connectivity index (χ0n) is 16.9. The second-order valence-electron chi connectivity index (χ2n) is 8.33. The summed E-state index contributed by atoms with van der Waals surface area (Å²) in [7, 11) is 0. The molecule has 4 rings (SSSR count). The third-order valence-electron chi connectivity index (χ3n) is 6.39. The maximum absolute atomic E-state index is 13.1. The van der Waals surface area contributed by atoms with Gasteiger partial charge in [-0.15, -0.1) is 0 Å². The first-order chi connectivity index (χ1) is 14.1. The average molecular weight is 403 g/mol. The highest BCUT2D eigenvalue weighted by Crippen LogP contribution is 2.22. The number of amides is 2. The summed E-state index contributed by atoms with van der Waals surface area (Å²) in [5.41, 5.74) is 0.499. The molecular formula is C22H30FN3O3. The minimum atomic E-state index is -0.346. The molecule has 3 aliphatic rings. The molecule has 1 unspecified atom stereocenters. The van der Waals surface area contributed by atoms with E-state index in [-0.39, 0.29) is 23.5 Å². The van der Waals surface area contributed by atoms with Gasteiger partial charge in [-0.1, -0.05) is 0 Å². The van der Waals surface area contributed by atoms with Crippen LogP contribution in [0.3, 0.4) is 0 Å². The monoisotopic (exact) mass is 403 g/mol. The maximum atomic E-state index is 13.1. The van der Waals surface area contributed by atoms with Crippen molar-refractivity contribution in [1.29, 1.82) is 0 Å². The molecule has 3 heterocycles. The van der Waals surface area contributed by atoms with E-state index in [4.69, 9.17) is 4.74 Å². The minimum absolute atomic E-state index is 0.00279. The highest BCUT2D eigenvalue weighted by Gasteiger charge is 2.32. The normalized spacial score (nSPS) is 24.1. The summed E-state index contributed by atoms with van der Waals surface area (Å²) in [6, 6.07) is 5.65. The Hall–Kier alpha value is -1.99. The summed E-state index contributed by atoms with van der Waals surface area (Å²) in [5, 5.41) is 0. The predicted octanol–water partition coefficient (Wildman–Crippen LogP) is 2.00. The van der Waals surface area contributed by atoms with Crippen molar-refractivity contribution in [2.45, 2.75) is 31.8 Å².